The molecule has 30 heavy (non-hydrogen) atoms. The first-order chi connectivity index (χ1) is 14.4. The van der Waals surface area contributed by atoms with Crippen molar-refractivity contribution in [2.45, 2.75) is 25.7 Å². The number of carbonyl (C=O) groups is 3. The van der Waals surface area contributed by atoms with Crippen molar-refractivity contribution >= 4 is 23.3 Å². The molecule has 0 bridgehead atoms. The summed E-state index contributed by atoms with van der Waals surface area (Å²) >= 11 is 0. The zero-order valence-corrected chi connectivity index (χ0v) is 17.0. The molecule has 0 unspecified atom stereocenters. The van der Waals surface area contributed by atoms with Gasteiger partial charge in [0.25, 0.3) is 0 Å². The Morgan fingerprint density at radius 3 is 2.57 bits per heavy atom. The zero-order chi connectivity index (χ0) is 21.3. The van der Waals surface area contributed by atoms with Crippen molar-refractivity contribution < 1.29 is 19.1 Å². The molecule has 1 saturated heterocycles. The van der Waals surface area contributed by atoms with Crippen LogP contribution in [0.1, 0.15) is 29.9 Å². The number of Topliss-reactive ketones (excluding diaryl/α,β-unsaturated/α-hetero) is 1. The molecule has 1 aliphatic heterocycles. The summed E-state index contributed by atoms with van der Waals surface area (Å²) in [6.07, 6.45) is 2.21. The molecule has 0 aromatic heterocycles. The van der Waals surface area contributed by atoms with Gasteiger partial charge in [-0.3, -0.25) is 14.4 Å². The summed E-state index contributed by atoms with van der Waals surface area (Å²) in [4.78, 5) is 38.3. The number of amides is 2. The Labute approximate surface area is 175 Å². The van der Waals surface area contributed by atoms with Crippen molar-refractivity contribution in [2.24, 2.45) is 11.8 Å². The Bertz CT molecular complexity index is 1030. The Morgan fingerprint density at radius 1 is 1.10 bits per heavy atom. The van der Waals surface area contributed by atoms with Crippen LogP contribution in [0.3, 0.4) is 0 Å². The van der Waals surface area contributed by atoms with Gasteiger partial charge in [0.2, 0.25) is 11.8 Å². The van der Waals surface area contributed by atoms with Gasteiger partial charge in [-0.25, -0.2) is 0 Å². The highest BCUT2D eigenvalue weighted by molar-refractivity contribution is 6.02. The average Bonchev–Trinajstić information content (AvgIpc) is 2.72. The number of carbonyl (C=O) groups excluding carboxylic acids is 3. The molecule has 1 heterocycles. The standard InChI is InChI=1S/C24H24N2O4/c1-14-4-3-5-17(10-14)25-24(29)19-13-22(28)26-20-11-16(12-21(27)23(19)20)15-6-8-18(30-2)9-7-15/h3-11,16,19,23H,12-13H2,1-2H3,(H,25,29)(H,26,28)/t16-,19+,23-/m1/s1. The van der Waals surface area contributed by atoms with E-state index in [9.17, 15) is 14.4 Å². The predicted octanol–water partition coefficient (Wildman–Crippen LogP) is 3.33. The topological polar surface area (TPSA) is 84.5 Å². The largest absolute Gasteiger partial charge is 0.497 e. The first-order valence-corrected chi connectivity index (χ1v) is 10.0. The van der Waals surface area contributed by atoms with Crippen LogP contribution >= 0.6 is 0 Å². The van der Waals surface area contributed by atoms with Crippen LogP contribution in [0.4, 0.5) is 5.69 Å². The van der Waals surface area contributed by atoms with E-state index in [1.54, 1.807) is 13.2 Å². The highest BCUT2D eigenvalue weighted by Crippen LogP contribution is 2.39. The van der Waals surface area contributed by atoms with Gasteiger partial charge in [0.15, 0.2) is 0 Å². The number of anilines is 1. The summed E-state index contributed by atoms with van der Waals surface area (Å²) in [6.45, 7) is 1.94. The quantitative estimate of drug-likeness (QED) is 0.819. The van der Waals surface area contributed by atoms with Crippen molar-refractivity contribution in [2.75, 3.05) is 12.4 Å². The fourth-order valence-corrected chi connectivity index (χ4v) is 4.25. The molecule has 154 valence electrons. The summed E-state index contributed by atoms with van der Waals surface area (Å²) in [5.74, 6) is -1.32. The molecule has 1 aliphatic carbocycles. The molecule has 6 heteroatoms. The normalized spacial score (nSPS) is 23.1. The number of allylic oxidation sites excluding steroid dienone is 2. The number of ketones is 1. The Hall–Kier alpha value is -3.41. The first kappa shape index (κ1) is 19.9. The lowest BCUT2D eigenvalue weighted by Gasteiger charge is -2.36. The number of ether oxygens (including phenoxy) is 1. The van der Waals surface area contributed by atoms with Gasteiger partial charge in [-0.1, -0.05) is 30.3 Å². The van der Waals surface area contributed by atoms with Crippen molar-refractivity contribution in [3.8, 4) is 5.75 Å². The minimum Gasteiger partial charge on any atom is -0.497 e. The van der Waals surface area contributed by atoms with Crippen LogP contribution in [0.25, 0.3) is 0 Å². The van der Waals surface area contributed by atoms with E-state index in [0.717, 1.165) is 16.9 Å². The molecule has 2 aliphatic rings. The number of piperidine rings is 1. The number of rotatable bonds is 4. The van der Waals surface area contributed by atoms with Crippen LogP contribution in [-0.2, 0) is 14.4 Å². The fourth-order valence-electron chi connectivity index (χ4n) is 4.25. The van der Waals surface area contributed by atoms with E-state index in [-0.39, 0.29) is 29.9 Å². The van der Waals surface area contributed by atoms with Gasteiger partial charge in [-0.05, 0) is 42.3 Å². The molecule has 1 fully saturated rings. The molecular formula is C24H24N2O4. The molecular weight excluding hydrogens is 380 g/mol. The maximum absolute atomic E-state index is 13.1. The van der Waals surface area contributed by atoms with E-state index >= 15 is 0 Å². The van der Waals surface area contributed by atoms with Gasteiger partial charge in [-0.15, -0.1) is 0 Å². The van der Waals surface area contributed by atoms with Gasteiger partial charge in [0, 0.05) is 30.1 Å². The van der Waals surface area contributed by atoms with E-state index in [1.165, 1.54) is 0 Å². The summed E-state index contributed by atoms with van der Waals surface area (Å²) in [5, 5.41) is 5.70. The monoisotopic (exact) mass is 404 g/mol. The van der Waals surface area contributed by atoms with E-state index in [2.05, 4.69) is 10.6 Å². The van der Waals surface area contributed by atoms with Crippen molar-refractivity contribution in [3.05, 3.63) is 71.4 Å². The van der Waals surface area contributed by atoms with Gasteiger partial charge < -0.3 is 15.4 Å². The SMILES string of the molecule is COc1ccc([C@@H]2C=C3NC(=O)C[C@H](C(=O)Nc4cccc(C)c4)[C@H]3C(=O)C2)cc1. The van der Waals surface area contributed by atoms with Crippen LogP contribution in [-0.4, -0.2) is 24.7 Å². The number of hydrogen-bond donors (Lipinski definition) is 2. The highest BCUT2D eigenvalue weighted by Gasteiger charge is 2.44. The second-order valence-electron chi connectivity index (χ2n) is 7.87. The third-order valence-corrected chi connectivity index (χ3v) is 5.74. The number of nitrogens with one attached hydrogen (secondary N) is 2. The van der Waals surface area contributed by atoms with Crippen molar-refractivity contribution in [3.63, 3.8) is 0 Å². The van der Waals surface area contributed by atoms with Crippen LogP contribution < -0.4 is 15.4 Å². The second kappa shape index (κ2) is 8.14. The number of methoxy groups -OCH3 is 1. The van der Waals surface area contributed by atoms with Crippen LogP contribution in [0, 0.1) is 18.8 Å². The van der Waals surface area contributed by atoms with Crippen LogP contribution in [0.5, 0.6) is 5.75 Å². The number of aryl methyl sites for hydroxylation is 1. The lowest BCUT2D eigenvalue weighted by Crippen LogP contribution is -2.48. The maximum Gasteiger partial charge on any atom is 0.229 e. The Kier molecular flexibility index (Phi) is 5.40. The average molecular weight is 404 g/mol. The third kappa shape index (κ3) is 3.99. The molecule has 0 radical (unpaired) electrons. The Morgan fingerprint density at radius 2 is 1.87 bits per heavy atom. The van der Waals surface area contributed by atoms with Crippen LogP contribution in [0.15, 0.2) is 60.3 Å². The summed E-state index contributed by atoms with van der Waals surface area (Å²) in [6, 6.07) is 15.0. The summed E-state index contributed by atoms with van der Waals surface area (Å²) in [5.41, 5.74) is 3.19. The lowest BCUT2D eigenvalue weighted by atomic mass is 9.72. The lowest BCUT2D eigenvalue weighted by molar-refractivity contribution is -0.136. The van der Waals surface area contributed by atoms with E-state index < -0.39 is 11.8 Å². The van der Waals surface area contributed by atoms with Gasteiger partial charge in [0.05, 0.1) is 18.9 Å². The van der Waals surface area contributed by atoms with Crippen molar-refractivity contribution in [1.29, 1.82) is 0 Å². The van der Waals surface area contributed by atoms with Gasteiger partial charge in [0.1, 0.15) is 11.5 Å². The number of fused-ring (bicyclic) bond motifs is 1. The smallest absolute Gasteiger partial charge is 0.229 e. The molecule has 0 saturated carbocycles. The van der Waals surface area contributed by atoms with Crippen LogP contribution in [0.2, 0.25) is 0 Å². The van der Waals surface area contributed by atoms with E-state index in [4.69, 9.17) is 4.74 Å². The predicted molar refractivity (Wildman–Crippen MR) is 113 cm³/mol. The van der Waals surface area contributed by atoms with Crippen molar-refractivity contribution in [1.82, 2.24) is 5.32 Å². The minimum absolute atomic E-state index is 0.00139. The molecule has 2 amide bonds. The summed E-state index contributed by atoms with van der Waals surface area (Å²) in [7, 11) is 1.60. The molecule has 2 N–H and O–H groups in total. The highest BCUT2D eigenvalue weighted by atomic mass is 16.5. The molecule has 0 spiro atoms. The second-order valence-corrected chi connectivity index (χ2v) is 7.87. The molecule has 6 nitrogen and oxygen atoms in total. The van der Waals surface area contributed by atoms with Gasteiger partial charge in [-0.2, -0.15) is 0 Å². The first-order valence-electron chi connectivity index (χ1n) is 10.0. The van der Waals surface area contributed by atoms with E-state index in [1.807, 2.05) is 55.5 Å². The molecule has 2 aromatic carbocycles. The van der Waals surface area contributed by atoms with Gasteiger partial charge >= 0.3 is 0 Å². The number of benzene rings is 2. The molecule has 2 aromatic rings. The zero-order valence-electron chi connectivity index (χ0n) is 17.0. The molecule has 3 atom stereocenters. The van der Waals surface area contributed by atoms with E-state index in [0.29, 0.717) is 17.8 Å². The fraction of sp³-hybridized carbons (Fsp3) is 0.292. The maximum atomic E-state index is 13.1. The Balaban J connectivity index is 1.59. The molecule has 4 rings (SSSR count). The third-order valence-electron chi connectivity index (χ3n) is 5.74. The summed E-state index contributed by atoms with van der Waals surface area (Å²) < 4.78 is 5.19. The number of hydrogen-bond acceptors (Lipinski definition) is 4. The minimum atomic E-state index is -0.713.